The van der Waals surface area contributed by atoms with E-state index >= 15 is 0 Å². The summed E-state index contributed by atoms with van der Waals surface area (Å²) in [4.78, 5) is 17.3. The third-order valence-electron chi connectivity index (χ3n) is 4.08. The fourth-order valence-corrected chi connectivity index (χ4v) is 3.19. The Bertz CT molecular complexity index is 951. The normalized spacial score (nSPS) is 13.9. The molecule has 3 nitrogen and oxygen atoms in total. The predicted octanol–water partition coefficient (Wildman–Crippen LogP) is 5.10. The van der Waals surface area contributed by atoms with E-state index in [1.165, 1.54) is 0 Å². The van der Waals surface area contributed by atoms with E-state index < -0.39 is 0 Å². The maximum Gasteiger partial charge on any atom is 0.252 e. The van der Waals surface area contributed by atoms with Crippen molar-refractivity contribution in [1.82, 2.24) is 10.3 Å². The van der Waals surface area contributed by atoms with Crippen molar-refractivity contribution < 1.29 is 4.79 Å². The Kier molecular flexibility index (Phi) is 3.91. The number of nitrogens with zero attached hydrogens (tertiary/aromatic N) is 1. The number of benzene rings is 2. The lowest BCUT2D eigenvalue weighted by Crippen LogP contribution is -2.25. The first-order chi connectivity index (χ1) is 11.6. The first kappa shape index (κ1) is 15.4. The summed E-state index contributed by atoms with van der Waals surface area (Å²) in [6.45, 7) is 0. The maximum absolute atomic E-state index is 12.6. The highest BCUT2D eigenvalue weighted by molar-refractivity contribution is 6.36. The van der Waals surface area contributed by atoms with Crippen molar-refractivity contribution in [2.75, 3.05) is 0 Å². The van der Waals surface area contributed by atoms with Crippen LogP contribution in [0.25, 0.3) is 22.2 Å². The van der Waals surface area contributed by atoms with Crippen molar-refractivity contribution in [3.8, 4) is 11.3 Å². The lowest BCUT2D eigenvalue weighted by Gasteiger charge is -2.11. The Morgan fingerprint density at radius 2 is 1.88 bits per heavy atom. The molecule has 1 saturated carbocycles. The van der Waals surface area contributed by atoms with E-state index in [-0.39, 0.29) is 5.91 Å². The van der Waals surface area contributed by atoms with Gasteiger partial charge in [0.25, 0.3) is 5.91 Å². The molecule has 0 spiro atoms. The number of hydrogen-bond donors (Lipinski definition) is 1. The Hall–Kier alpha value is -2.10. The second kappa shape index (κ2) is 6.08. The minimum absolute atomic E-state index is 0.0672. The van der Waals surface area contributed by atoms with Crippen molar-refractivity contribution in [2.24, 2.45) is 0 Å². The van der Waals surface area contributed by atoms with Crippen LogP contribution in [0.4, 0.5) is 0 Å². The second-order valence-corrected chi connectivity index (χ2v) is 6.79. The quantitative estimate of drug-likeness (QED) is 0.709. The minimum Gasteiger partial charge on any atom is -0.349 e. The van der Waals surface area contributed by atoms with Gasteiger partial charge in [-0.25, -0.2) is 4.98 Å². The van der Waals surface area contributed by atoms with Gasteiger partial charge in [-0.3, -0.25) is 4.79 Å². The monoisotopic (exact) mass is 356 g/mol. The van der Waals surface area contributed by atoms with Gasteiger partial charge in [0.2, 0.25) is 0 Å². The van der Waals surface area contributed by atoms with Gasteiger partial charge < -0.3 is 5.32 Å². The molecule has 24 heavy (non-hydrogen) atoms. The van der Waals surface area contributed by atoms with E-state index in [0.717, 1.165) is 29.3 Å². The van der Waals surface area contributed by atoms with Gasteiger partial charge in [-0.1, -0.05) is 41.4 Å². The lowest BCUT2D eigenvalue weighted by atomic mass is 10.0. The van der Waals surface area contributed by atoms with Crippen LogP contribution in [0.15, 0.2) is 48.5 Å². The number of carbonyl (C=O) groups excluding carboxylic acids is 1. The standard InChI is InChI=1S/C19H14Cl2N2O/c20-11-5-8-14(16(21)9-11)18-10-15(19(24)22-12-6-7-12)13-3-1-2-4-17(13)23-18/h1-5,8-10,12H,6-7H2,(H,22,24). The van der Waals surface area contributed by atoms with Crippen LogP contribution < -0.4 is 5.32 Å². The first-order valence-electron chi connectivity index (χ1n) is 7.78. The van der Waals surface area contributed by atoms with E-state index in [2.05, 4.69) is 10.3 Å². The smallest absolute Gasteiger partial charge is 0.252 e. The zero-order valence-corrected chi connectivity index (χ0v) is 14.2. The van der Waals surface area contributed by atoms with Gasteiger partial charge in [-0.05, 0) is 43.2 Å². The highest BCUT2D eigenvalue weighted by atomic mass is 35.5. The van der Waals surface area contributed by atoms with Gasteiger partial charge >= 0.3 is 0 Å². The van der Waals surface area contributed by atoms with Crippen LogP contribution in [0.5, 0.6) is 0 Å². The van der Waals surface area contributed by atoms with Crippen molar-refractivity contribution in [1.29, 1.82) is 0 Å². The molecule has 0 unspecified atom stereocenters. The summed E-state index contributed by atoms with van der Waals surface area (Å²) in [6, 6.07) is 15.0. The molecule has 0 atom stereocenters. The van der Waals surface area contributed by atoms with Crippen molar-refractivity contribution >= 4 is 40.0 Å². The van der Waals surface area contributed by atoms with Crippen LogP contribution >= 0.6 is 23.2 Å². The summed E-state index contributed by atoms with van der Waals surface area (Å²) in [6.07, 6.45) is 2.09. The molecule has 1 fully saturated rings. The molecule has 1 heterocycles. The Morgan fingerprint density at radius 3 is 2.62 bits per heavy atom. The summed E-state index contributed by atoms with van der Waals surface area (Å²) < 4.78 is 0. The average Bonchev–Trinajstić information content (AvgIpc) is 3.37. The number of amides is 1. The molecule has 0 bridgehead atoms. The molecule has 120 valence electrons. The van der Waals surface area contributed by atoms with Gasteiger partial charge in [0.1, 0.15) is 0 Å². The highest BCUT2D eigenvalue weighted by Crippen LogP contribution is 2.32. The summed E-state index contributed by atoms with van der Waals surface area (Å²) in [7, 11) is 0. The number of hydrogen-bond acceptors (Lipinski definition) is 2. The van der Waals surface area contributed by atoms with Gasteiger partial charge in [0.05, 0.1) is 21.8 Å². The Morgan fingerprint density at radius 1 is 1.08 bits per heavy atom. The molecule has 1 aromatic heterocycles. The van der Waals surface area contributed by atoms with Gasteiger partial charge in [0.15, 0.2) is 0 Å². The molecular weight excluding hydrogens is 343 g/mol. The van der Waals surface area contributed by atoms with E-state index in [9.17, 15) is 4.79 Å². The minimum atomic E-state index is -0.0672. The number of para-hydroxylation sites is 1. The van der Waals surface area contributed by atoms with Crippen LogP contribution in [-0.2, 0) is 0 Å². The third kappa shape index (κ3) is 2.97. The third-order valence-corrected chi connectivity index (χ3v) is 4.63. The average molecular weight is 357 g/mol. The predicted molar refractivity (Wildman–Crippen MR) is 97.7 cm³/mol. The van der Waals surface area contributed by atoms with E-state index in [0.29, 0.717) is 27.3 Å². The van der Waals surface area contributed by atoms with Crippen molar-refractivity contribution in [2.45, 2.75) is 18.9 Å². The Balaban J connectivity index is 1.88. The molecule has 1 aliphatic carbocycles. The number of halogens is 2. The Labute approximate surface area is 149 Å². The summed E-state index contributed by atoms with van der Waals surface area (Å²) in [5.41, 5.74) is 2.80. The molecule has 0 aliphatic heterocycles. The van der Waals surface area contributed by atoms with Crippen LogP contribution in [0, 0.1) is 0 Å². The molecule has 3 aromatic rings. The summed E-state index contributed by atoms with van der Waals surface area (Å²) in [5, 5.41) is 4.96. The van der Waals surface area contributed by atoms with Gasteiger partial charge in [-0.2, -0.15) is 0 Å². The van der Waals surface area contributed by atoms with Crippen LogP contribution in [0.3, 0.4) is 0 Å². The van der Waals surface area contributed by atoms with Crippen LogP contribution in [0.1, 0.15) is 23.2 Å². The second-order valence-electron chi connectivity index (χ2n) is 5.94. The zero-order chi connectivity index (χ0) is 16.7. The summed E-state index contributed by atoms with van der Waals surface area (Å²) in [5.74, 6) is -0.0672. The van der Waals surface area contributed by atoms with Gasteiger partial charge in [-0.15, -0.1) is 0 Å². The van der Waals surface area contributed by atoms with Crippen molar-refractivity contribution in [3.63, 3.8) is 0 Å². The molecule has 0 saturated heterocycles. The molecule has 4 rings (SSSR count). The lowest BCUT2D eigenvalue weighted by molar-refractivity contribution is 0.0952. The van der Waals surface area contributed by atoms with Crippen LogP contribution in [0.2, 0.25) is 10.0 Å². The molecule has 1 N–H and O–H groups in total. The first-order valence-corrected chi connectivity index (χ1v) is 8.53. The largest absolute Gasteiger partial charge is 0.349 e. The number of aromatic nitrogens is 1. The number of fused-ring (bicyclic) bond motifs is 1. The fourth-order valence-electron chi connectivity index (χ4n) is 2.69. The maximum atomic E-state index is 12.6. The van der Waals surface area contributed by atoms with Crippen LogP contribution in [-0.4, -0.2) is 16.9 Å². The highest BCUT2D eigenvalue weighted by Gasteiger charge is 2.25. The van der Waals surface area contributed by atoms with Gasteiger partial charge in [0, 0.05) is 22.0 Å². The zero-order valence-electron chi connectivity index (χ0n) is 12.7. The number of carbonyl (C=O) groups is 1. The van der Waals surface area contributed by atoms with E-state index in [4.69, 9.17) is 23.2 Å². The molecule has 5 heteroatoms. The van der Waals surface area contributed by atoms with Crippen molar-refractivity contribution in [3.05, 3.63) is 64.1 Å². The number of pyridine rings is 1. The van der Waals surface area contributed by atoms with E-state index in [1.54, 1.807) is 18.2 Å². The summed E-state index contributed by atoms with van der Waals surface area (Å²) >= 11 is 12.3. The molecule has 0 radical (unpaired) electrons. The van der Waals surface area contributed by atoms with E-state index in [1.807, 2.05) is 30.3 Å². The molecule has 1 amide bonds. The number of nitrogens with one attached hydrogen (secondary N) is 1. The molecule has 1 aliphatic rings. The molecular formula is C19H14Cl2N2O. The number of rotatable bonds is 3. The molecule has 2 aromatic carbocycles. The SMILES string of the molecule is O=C(NC1CC1)c1cc(-c2ccc(Cl)cc2Cl)nc2ccccc12. The topological polar surface area (TPSA) is 42.0 Å². The fraction of sp³-hybridized carbons (Fsp3) is 0.158.